The molecule has 17 heavy (non-hydrogen) atoms. The van der Waals surface area contributed by atoms with E-state index in [1.165, 1.54) is 18.4 Å². The van der Waals surface area contributed by atoms with E-state index in [2.05, 4.69) is 46.8 Å². The van der Waals surface area contributed by atoms with E-state index in [0.29, 0.717) is 18.3 Å². The van der Waals surface area contributed by atoms with Gasteiger partial charge in [0.25, 0.3) is 0 Å². The van der Waals surface area contributed by atoms with Gasteiger partial charge in [0.15, 0.2) is 5.78 Å². The molecule has 0 unspecified atom stereocenters. The molecule has 0 heterocycles. The Bertz CT molecular complexity index is 331. The molecule has 1 atom stereocenters. The molecule has 1 nitrogen and oxygen atoms in total. The number of hydrogen-bond acceptors (Lipinski definition) is 1. The van der Waals surface area contributed by atoms with Gasteiger partial charge in [-0.1, -0.05) is 45.4 Å². The second-order valence-electron chi connectivity index (χ2n) is 6.38. The first-order valence-corrected chi connectivity index (χ1v) is 6.70. The molecule has 0 aliphatic heterocycles. The zero-order valence-electron chi connectivity index (χ0n) is 11.9. The summed E-state index contributed by atoms with van der Waals surface area (Å²) in [6.07, 6.45) is 9.27. The third kappa shape index (κ3) is 4.14. The minimum absolute atomic E-state index is 0.258. The van der Waals surface area contributed by atoms with Gasteiger partial charge in [-0.15, -0.1) is 0 Å². The van der Waals surface area contributed by atoms with Crippen molar-refractivity contribution in [2.24, 2.45) is 17.3 Å². The molecular weight excluding hydrogens is 208 g/mol. The fourth-order valence-corrected chi connectivity index (χ4v) is 2.66. The lowest BCUT2D eigenvalue weighted by Gasteiger charge is -2.36. The monoisotopic (exact) mass is 234 g/mol. The van der Waals surface area contributed by atoms with Gasteiger partial charge >= 0.3 is 0 Å². The second kappa shape index (κ2) is 5.66. The van der Waals surface area contributed by atoms with Gasteiger partial charge in [0.05, 0.1) is 0 Å². The molecule has 0 aromatic carbocycles. The zero-order valence-corrected chi connectivity index (χ0v) is 11.9. The molecule has 0 amide bonds. The molecule has 0 aromatic rings. The molecule has 0 bridgehead atoms. The number of allylic oxidation sites excluding steroid dienone is 4. The third-order valence-corrected chi connectivity index (χ3v) is 3.67. The minimum atomic E-state index is 0.258. The van der Waals surface area contributed by atoms with Crippen LogP contribution in [0.25, 0.3) is 0 Å². The maximum absolute atomic E-state index is 11.7. The van der Waals surface area contributed by atoms with Crippen molar-refractivity contribution in [1.29, 1.82) is 0 Å². The molecule has 96 valence electrons. The van der Waals surface area contributed by atoms with Gasteiger partial charge in [-0.2, -0.15) is 0 Å². The number of hydrogen-bond donors (Lipinski definition) is 0. The minimum Gasteiger partial charge on any atom is -0.295 e. The Hall–Kier alpha value is -0.850. The van der Waals surface area contributed by atoms with E-state index < -0.39 is 0 Å². The van der Waals surface area contributed by atoms with Crippen LogP contribution < -0.4 is 0 Å². The van der Waals surface area contributed by atoms with Crippen molar-refractivity contribution in [3.05, 3.63) is 23.8 Å². The van der Waals surface area contributed by atoms with Crippen LogP contribution >= 0.6 is 0 Å². The summed E-state index contributed by atoms with van der Waals surface area (Å²) in [5.41, 5.74) is 1.70. The van der Waals surface area contributed by atoms with Gasteiger partial charge in [-0.05, 0) is 37.2 Å². The number of carbonyl (C=O) groups is 1. The van der Waals surface area contributed by atoms with Crippen molar-refractivity contribution in [2.45, 2.75) is 53.9 Å². The maximum atomic E-state index is 11.7. The van der Waals surface area contributed by atoms with Gasteiger partial charge in [-0.3, -0.25) is 4.79 Å². The normalized spacial score (nSPS) is 24.1. The SMILES string of the molecule is CC1=CCCC(C)(C)[C@@H]1/C=C\C(=O)CC(C)C. The molecule has 1 aliphatic carbocycles. The zero-order chi connectivity index (χ0) is 13.1. The summed E-state index contributed by atoms with van der Waals surface area (Å²) in [4.78, 5) is 11.7. The number of ketones is 1. The average molecular weight is 234 g/mol. The van der Waals surface area contributed by atoms with Gasteiger partial charge in [-0.25, -0.2) is 0 Å². The van der Waals surface area contributed by atoms with E-state index in [4.69, 9.17) is 0 Å². The highest BCUT2D eigenvalue weighted by atomic mass is 16.1. The largest absolute Gasteiger partial charge is 0.295 e. The van der Waals surface area contributed by atoms with Crippen molar-refractivity contribution in [3.63, 3.8) is 0 Å². The van der Waals surface area contributed by atoms with Gasteiger partial charge in [0.2, 0.25) is 0 Å². The van der Waals surface area contributed by atoms with Crippen LogP contribution in [0.15, 0.2) is 23.8 Å². The van der Waals surface area contributed by atoms with Gasteiger partial charge < -0.3 is 0 Å². The molecule has 1 heteroatoms. The highest BCUT2D eigenvalue weighted by Crippen LogP contribution is 2.41. The molecule has 1 rings (SSSR count). The summed E-state index contributed by atoms with van der Waals surface area (Å²) in [7, 11) is 0. The van der Waals surface area contributed by atoms with Crippen LogP contribution in [0.2, 0.25) is 0 Å². The van der Waals surface area contributed by atoms with E-state index in [9.17, 15) is 4.79 Å². The molecule has 0 N–H and O–H groups in total. The topological polar surface area (TPSA) is 17.1 Å². The van der Waals surface area contributed by atoms with Crippen molar-refractivity contribution < 1.29 is 4.79 Å². The van der Waals surface area contributed by atoms with E-state index in [1.807, 2.05) is 0 Å². The summed E-state index contributed by atoms with van der Waals surface area (Å²) >= 11 is 0. The Morgan fingerprint density at radius 1 is 1.53 bits per heavy atom. The highest BCUT2D eigenvalue weighted by Gasteiger charge is 2.30. The van der Waals surface area contributed by atoms with Crippen LogP contribution in [0.1, 0.15) is 53.9 Å². The van der Waals surface area contributed by atoms with E-state index in [-0.39, 0.29) is 11.2 Å². The van der Waals surface area contributed by atoms with Crippen LogP contribution in [0.5, 0.6) is 0 Å². The van der Waals surface area contributed by atoms with E-state index in [1.54, 1.807) is 6.08 Å². The van der Waals surface area contributed by atoms with Gasteiger partial charge in [0.1, 0.15) is 0 Å². The van der Waals surface area contributed by atoms with Crippen LogP contribution in [0, 0.1) is 17.3 Å². The molecular formula is C16H26O. The van der Waals surface area contributed by atoms with Crippen molar-refractivity contribution in [2.75, 3.05) is 0 Å². The predicted octanol–water partition coefficient (Wildman–Crippen LogP) is 4.54. The lowest BCUT2D eigenvalue weighted by atomic mass is 9.68. The fourth-order valence-electron chi connectivity index (χ4n) is 2.66. The Balaban J connectivity index is 2.71. The summed E-state index contributed by atoms with van der Waals surface area (Å²) in [5.74, 6) is 1.13. The molecule has 0 spiro atoms. The van der Waals surface area contributed by atoms with E-state index in [0.717, 1.165) is 0 Å². The molecule has 0 saturated carbocycles. The van der Waals surface area contributed by atoms with Crippen LogP contribution in [-0.2, 0) is 4.79 Å². The molecule has 0 aromatic heterocycles. The van der Waals surface area contributed by atoms with Crippen molar-refractivity contribution in [3.8, 4) is 0 Å². The highest BCUT2D eigenvalue weighted by molar-refractivity contribution is 5.89. The van der Waals surface area contributed by atoms with Crippen LogP contribution in [0.4, 0.5) is 0 Å². The molecule has 0 radical (unpaired) electrons. The second-order valence-corrected chi connectivity index (χ2v) is 6.38. The molecule has 0 fully saturated rings. The van der Waals surface area contributed by atoms with E-state index >= 15 is 0 Å². The summed E-state index contributed by atoms with van der Waals surface area (Å²) < 4.78 is 0. The Morgan fingerprint density at radius 2 is 2.18 bits per heavy atom. The first kappa shape index (κ1) is 14.2. The third-order valence-electron chi connectivity index (χ3n) is 3.67. The maximum Gasteiger partial charge on any atom is 0.155 e. The van der Waals surface area contributed by atoms with Crippen molar-refractivity contribution >= 4 is 5.78 Å². The lowest BCUT2D eigenvalue weighted by molar-refractivity contribution is -0.115. The first-order valence-electron chi connectivity index (χ1n) is 6.70. The van der Waals surface area contributed by atoms with Crippen LogP contribution in [0.3, 0.4) is 0 Å². The summed E-state index contributed by atoms with van der Waals surface area (Å²) in [6, 6.07) is 0. The van der Waals surface area contributed by atoms with Crippen molar-refractivity contribution in [1.82, 2.24) is 0 Å². The Kier molecular flexibility index (Phi) is 4.73. The fraction of sp³-hybridized carbons (Fsp3) is 0.688. The average Bonchev–Trinajstić information content (AvgIpc) is 2.14. The Labute approximate surface area is 106 Å². The first-order chi connectivity index (χ1) is 7.83. The molecule has 0 saturated heterocycles. The van der Waals surface area contributed by atoms with Gasteiger partial charge in [0, 0.05) is 12.3 Å². The lowest BCUT2D eigenvalue weighted by Crippen LogP contribution is -2.26. The van der Waals surface area contributed by atoms with Crippen LogP contribution in [-0.4, -0.2) is 5.78 Å². The molecule has 1 aliphatic rings. The predicted molar refractivity (Wildman–Crippen MR) is 73.9 cm³/mol. The smallest absolute Gasteiger partial charge is 0.155 e. The quantitative estimate of drug-likeness (QED) is 0.515. The summed E-state index contributed by atoms with van der Waals surface area (Å²) in [5, 5.41) is 0. The summed E-state index contributed by atoms with van der Waals surface area (Å²) in [6.45, 7) is 10.9. The Morgan fingerprint density at radius 3 is 2.71 bits per heavy atom. The number of rotatable bonds is 4. The number of carbonyl (C=O) groups excluding carboxylic acids is 1. The standard InChI is InChI=1S/C16H26O/c1-12(2)11-14(17)8-9-15-13(3)7-6-10-16(15,4)5/h7-9,12,15H,6,10-11H2,1-5H3/b9-8-/t15-/m1/s1.